The lowest BCUT2D eigenvalue weighted by atomic mass is 10.2. The van der Waals surface area contributed by atoms with Crippen molar-refractivity contribution in [3.63, 3.8) is 0 Å². The third-order valence-electron chi connectivity index (χ3n) is 2.70. The van der Waals surface area contributed by atoms with E-state index in [1.807, 2.05) is 12.3 Å². The third kappa shape index (κ3) is 4.20. The van der Waals surface area contributed by atoms with Crippen molar-refractivity contribution in [3.05, 3.63) is 49.9 Å². The van der Waals surface area contributed by atoms with E-state index in [4.69, 9.17) is 23.2 Å². The van der Waals surface area contributed by atoms with Crippen molar-refractivity contribution >= 4 is 40.4 Å². The van der Waals surface area contributed by atoms with E-state index in [-0.39, 0.29) is 5.91 Å². The molecule has 1 N–H and O–H groups in total. The number of amides is 1. The van der Waals surface area contributed by atoms with E-state index in [0.29, 0.717) is 22.2 Å². The summed E-state index contributed by atoms with van der Waals surface area (Å²) in [5.74, 6) is -0.140. The van der Waals surface area contributed by atoms with E-state index >= 15 is 0 Å². The van der Waals surface area contributed by atoms with Gasteiger partial charge in [0.2, 0.25) is 0 Å². The molecule has 0 unspecified atom stereocenters. The Balaban J connectivity index is 1.78. The van der Waals surface area contributed by atoms with Crippen molar-refractivity contribution in [3.8, 4) is 0 Å². The average molecular weight is 329 g/mol. The summed E-state index contributed by atoms with van der Waals surface area (Å²) in [5.41, 5.74) is 1.56. The smallest absolute Gasteiger partial charge is 0.251 e. The summed E-state index contributed by atoms with van der Waals surface area (Å²) in [6, 6.07) is 4.86. The molecular weight excluding hydrogens is 315 g/mol. The summed E-state index contributed by atoms with van der Waals surface area (Å²) in [5, 5.41) is 6.83. The molecule has 1 heterocycles. The molecule has 1 amide bonds. The van der Waals surface area contributed by atoms with Crippen LogP contribution in [0, 0.1) is 6.92 Å². The monoisotopic (exact) mass is 328 g/mol. The van der Waals surface area contributed by atoms with Crippen LogP contribution in [0.1, 0.15) is 27.5 Å². The molecule has 0 spiro atoms. The molecule has 0 radical (unpaired) electrons. The second kappa shape index (κ2) is 7.07. The number of nitrogens with zero attached hydrogens (tertiary/aromatic N) is 1. The molecule has 0 aliphatic heterocycles. The van der Waals surface area contributed by atoms with Crippen molar-refractivity contribution in [2.45, 2.75) is 19.8 Å². The Morgan fingerprint density at radius 3 is 2.80 bits per heavy atom. The minimum Gasteiger partial charge on any atom is -0.352 e. The lowest BCUT2D eigenvalue weighted by Crippen LogP contribution is -2.24. The van der Waals surface area contributed by atoms with Crippen molar-refractivity contribution in [2.24, 2.45) is 0 Å². The molecule has 0 fully saturated rings. The number of hydrogen-bond acceptors (Lipinski definition) is 3. The van der Waals surface area contributed by atoms with Gasteiger partial charge in [-0.2, -0.15) is 0 Å². The van der Waals surface area contributed by atoms with Crippen LogP contribution in [0.25, 0.3) is 0 Å². The zero-order valence-electron chi connectivity index (χ0n) is 11.0. The lowest BCUT2D eigenvalue weighted by molar-refractivity contribution is 0.0953. The predicted octanol–water partition coefficient (Wildman–Crippen LogP) is 4.12. The van der Waals surface area contributed by atoms with Crippen LogP contribution in [-0.2, 0) is 6.42 Å². The summed E-state index contributed by atoms with van der Waals surface area (Å²) in [4.78, 5) is 16.3. The maximum Gasteiger partial charge on any atom is 0.251 e. The van der Waals surface area contributed by atoms with Crippen LogP contribution in [0.15, 0.2) is 23.6 Å². The molecule has 0 atom stereocenters. The van der Waals surface area contributed by atoms with Crippen LogP contribution in [0.3, 0.4) is 0 Å². The summed E-state index contributed by atoms with van der Waals surface area (Å²) in [6.07, 6.45) is 1.74. The highest BCUT2D eigenvalue weighted by atomic mass is 35.5. The summed E-state index contributed by atoms with van der Waals surface area (Å²) in [6.45, 7) is 2.59. The van der Waals surface area contributed by atoms with Crippen molar-refractivity contribution in [2.75, 3.05) is 6.54 Å². The van der Waals surface area contributed by atoms with Crippen LogP contribution in [0.4, 0.5) is 0 Å². The predicted molar refractivity (Wildman–Crippen MR) is 84.0 cm³/mol. The molecule has 1 aromatic heterocycles. The minimum absolute atomic E-state index is 0.140. The number of halogens is 2. The van der Waals surface area contributed by atoms with Gasteiger partial charge in [-0.15, -0.1) is 11.3 Å². The first-order valence-corrected chi connectivity index (χ1v) is 7.84. The number of thiazole rings is 1. The molecule has 0 aliphatic rings. The van der Waals surface area contributed by atoms with E-state index in [1.54, 1.807) is 29.5 Å². The van der Waals surface area contributed by atoms with Gasteiger partial charge in [0.05, 0.1) is 15.1 Å². The van der Waals surface area contributed by atoms with E-state index in [1.165, 1.54) is 0 Å². The Morgan fingerprint density at radius 1 is 1.35 bits per heavy atom. The first-order valence-electron chi connectivity index (χ1n) is 6.20. The maximum atomic E-state index is 11.9. The van der Waals surface area contributed by atoms with Gasteiger partial charge in [0.25, 0.3) is 5.91 Å². The molecule has 3 nitrogen and oxygen atoms in total. The Morgan fingerprint density at radius 2 is 2.15 bits per heavy atom. The maximum absolute atomic E-state index is 11.9. The van der Waals surface area contributed by atoms with E-state index in [2.05, 4.69) is 10.3 Å². The van der Waals surface area contributed by atoms with Gasteiger partial charge in [0.15, 0.2) is 0 Å². The van der Waals surface area contributed by atoms with Crippen LogP contribution in [0.5, 0.6) is 0 Å². The second-order valence-electron chi connectivity index (χ2n) is 4.37. The lowest BCUT2D eigenvalue weighted by Gasteiger charge is -2.05. The van der Waals surface area contributed by atoms with Gasteiger partial charge in [-0.25, -0.2) is 4.98 Å². The van der Waals surface area contributed by atoms with E-state index in [9.17, 15) is 4.79 Å². The fraction of sp³-hybridized carbons (Fsp3) is 0.286. The molecular formula is C14H14Cl2N2OS. The molecule has 1 aromatic carbocycles. The van der Waals surface area contributed by atoms with Gasteiger partial charge in [-0.1, -0.05) is 23.2 Å². The van der Waals surface area contributed by atoms with Gasteiger partial charge in [0.1, 0.15) is 0 Å². The normalized spacial score (nSPS) is 10.6. The third-order valence-corrected chi connectivity index (χ3v) is 4.47. The molecule has 2 aromatic rings. The van der Waals surface area contributed by atoms with Gasteiger partial charge < -0.3 is 5.32 Å². The highest BCUT2D eigenvalue weighted by Crippen LogP contribution is 2.22. The summed E-state index contributed by atoms with van der Waals surface area (Å²) in [7, 11) is 0. The molecule has 0 saturated heterocycles. The van der Waals surface area contributed by atoms with Crippen LogP contribution < -0.4 is 5.32 Å². The minimum atomic E-state index is -0.140. The van der Waals surface area contributed by atoms with Gasteiger partial charge in [-0.05, 0) is 31.5 Å². The quantitative estimate of drug-likeness (QED) is 0.839. The molecule has 2 rings (SSSR count). The number of carbonyl (C=O) groups is 1. The SMILES string of the molecule is Cc1csc(CCCNC(=O)c2ccc(Cl)c(Cl)c2)n1. The zero-order chi connectivity index (χ0) is 14.5. The number of rotatable bonds is 5. The first kappa shape index (κ1) is 15.3. The molecule has 106 valence electrons. The number of hydrogen-bond donors (Lipinski definition) is 1. The van der Waals surface area contributed by atoms with Gasteiger partial charge in [-0.3, -0.25) is 4.79 Å². The van der Waals surface area contributed by atoms with Crippen LogP contribution in [0.2, 0.25) is 10.0 Å². The molecule has 0 aliphatic carbocycles. The highest BCUT2D eigenvalue weighted by molar-refractivity contribution is 7.09. The Kier molecular flexibility index (Phi) is 5.40. The number of aromatic nitrogens is 1. The van der Waals surface area contributed by atoms with Crippen LogP contribution in [-0.4, -0.2) is 17.4 Å². The van der Waals surface area contributed by atoms with Gasteiger partial charge >= 0.3 is 0 Å². The standard InChI is InChI=1S/C14H14Cl2N2OS/c1-9-8-20-13(18-9)3-2-6-17-14(19)10-4-5-11(15)12(16)7-10/h4-5,7-8H,2-3,6H2,1H3,(H,17,19). The number of carbonyl (C=O) groups excluding carboxylic acids is 1. The van der Waals surface area contributed by atoms with Crippen LogP contribution >= 0.6 is 34.5 Å². The average Bonchev–Trinajstić information content (AvgIpc) is 2.83. The van der Waals surface area contributed by atoms with E-state index < -0.39 is 0 Å². The molecule has 6 heteroatoms. The molecule has 0 bridgehead atoms. The second-order valence-corrected chi connectivity index (χ2v) is 6.13. The van der Waals surface area contributed by atoms with Crippen molar-refractivity contribution in [1.82, 2.24) is 10.3 Å². The van der Waals surface area contributed by atoms with Crippen molar-refractivity contribution < 1.29 is 4.79 Å². The Labute approximate surface area is 131 Å². The molecule has 0 saturated carbocycles. The fourth-order valence-corrected chi connectivity index (χ4v) is 2.81. The van der Waals surface area contributed by atoms with Gasteiger partial charge in [0, 0.05) is 29.6 Å². The molecule has 20 heavy (non-hydrogen) atoms. The Bertz CT molecular complexity index is 613. The zero-order valence-corrected chi connectivity index (χ0v) is 13.3. The summed E-state index contributed by atoms with van der Waals surface area (Å²) >= 11 is 13.3. The summed E-state index contributed by atoms with van der Waals surface area (Å²) < 4.78 is 0. The topological polar surface area (TPSA) is 42.0 Å². The number of nitrogens with one attached hydrogen (secondary N) is 1. The number of aryl methyl sites for hydroxylation is 2. The first-order chi connectivity index (χ1) is 9.56. The fourth-order valence-electron chi connectivity index (χ4n) is 1.70. The van der Waals surface area contributed by atoms with Crippen molar-refractivity contribution in [1.29, 1.82) is 0 Å². The van der Waals surface area contributed by atoms with E-state index in [0.717, 1.165) is 23.5 Å². The number of benzene rings is 1. The Hall–Kier alpha value is -1.10. The largest absolute Gasteiger partial charge is 0.352 e. The highest BCUT2D eigenvalue weighted by Gasteiger charge is 2.07.